The summed E-state index contributed by atoms with van der Waals surface area (Å²) in [6.45, 7) is 0. The third-order valence-electron chi connectivity index (χ3n) is 4.95. The summed E-state index contributed by atoms with van der Waals surface area (Å²) in [7, 11) is 0. The number of hydrogen-bond donors (Lipinski definition) is 1. The zero-order valence-corrected chi connectivity index (χ0v) is 14.0. The van der Waals surface area contributed by atoms with Gasteiger partial charge >= 0.3 is 0 Å². The van der Waals surface area contributed by atoms with Crippen molar-refractivity contribution in [1.82, 2.24) is 4.57 Å². The van der Waals surface area contributed by atoms with E-state index in [-0.39, 0.29) is 5.43 Å². The van der Waals surface area contributed by atoms with Crippen LogP contribution in [-0.4, -0.2) is 4.57 Å². The van der Waals surface area contributed by atoms with Gasteiger partial charge in [-0.15, -0.1) is 0 Å². The second-order valence-electron chi connectivity index (χ2n) is 6.42. The molecule has 0 bridgehead atoms. The molecule has 26 heavy (non-hydrogen) atoms. The van der Waals surface area contributed by atoms with E-state index in [4.69, 9.17) is 5.73 Å². The van der Waals surface area contributed by atoms with E-state index in [1.165, 1.54) is 0 Å². The quantitative estimate of drug-likeness (QED) is 0.350. The molecule has 4 aromatic carbocycles. The van der Waals surface area contributed by atoms with Crippen molar-refractivity contribution in [2.45, 2.75) is 0 Å². The minimum atomic E-state index is 0.0622. The number of nitrogen functional groups attached to an aromatic ring is 1. The van der Waals surface area contributed by atoms with Gasteiger partial charge < -0.3 is 10.3 Å². The van der Waals surface area contributed by atoms with Gasteiger partial charge in [0.25, 0.3) is 0 Å². The van der Waals surface area contributed by atoms with Crippen molar-refractivity contribution in [2.24, 2.45) is 0 Å². The van der Waals surface area contributed by atoms with Crippen LogP contribution in [0.4, 0.5) is 5.69 Å². The van der Waals surface area contributed by atoms with E-state index in [2.05, 4.69) is 10.6 Å². The monoisotopic (exact) mass is 336 g/mol. The zero-order valence-electron chi connectivity index (χ0n) is 14.0. The molecule has 0 saturated carbocycles. The van der Waals surface area contributed by atoms with Crippen LogP contribution in [0.5, 0.6) is 0 Å². The van der Waals surface area contributed by atoms with E-state index in [9.17, 15) is 4.79 Å². The Morgan fingerprint density at radius 3 is 1.69 bits per heavy atom. The van der Waals surface area contributed by atoms with Gasteiger partial charge in [0, 0.05) is 27.2 Å². The molecule has 0 spiro atoms. The van der Waals surface area contributed by atoms with Gasteiger partial charge in [0.1, 0.15) is 0 Å². The van der Waals surface area contributed by atoms with Gasteiger partial charge in [-0.2, -0.15) is 0 Å². The maximum absolute atomic E-state index is 13.0. The van der Waals surface area contributed by atoms with Gasteiger partial charge in [0.05, 0.1) is 16.7 Å². The number of rotatable bonds is 1. The number of nitrogens with two attached hydrogens (primary N) is 1. The fourth-order valence-electron chi connectivity index (χ4n) is 3.76. The molecule has 3 heteroatoms. The third kappa shape index (κ3) is 1.97. The number of anilines is 1. The van der Waals surface area contributed by atoms with Gasteiger partial charge in [0.15, 0.2) is 5.43 Å². The summed E-state index contributed by atoms with van der Waals surface area (Å²) in [6.07, 6.45) is 0. The van der Waals surface area contributed by atoms with Crippen LogP contribution >= 0.6 is 0 Å². The molecule has 0 aliphatic carbocycles. The van der Waals surface area contributed by atoms with Crippen LogP contribution in [0.3, 0.4) is 0 Å². The Balaban J connectivity index is 2.07. The third-order valence-corrected chi connectivity index (χ3v) is 4.95. The summed E-state index contributed by atoms with van der Waals surface area (Å²) in [4.78, 5) is 13.0. The molecule has 0 radical (unpaired) electrons. The molecule has 0 saturated heterocycles. The standard InChI is InChI=1S/C23H16N2O/c24-19-13-14-22(16-8-2-1-7-15(16)19)25-20-11-5-3-9-17(20)23(26)18-10-4-6-12-21(18)25/h1-14H,24H2. The molecule has 1 aromatic heterocycles. The van der Waals surface area contributed by atoms with E-state index in [1.54, 1.807) is 0 Å². The van der Waals surface area contributed by atoms with Crippen LogP contribution in [0.2, 0.25) is 0 Å². The Morgan fingerprint density at radius 2 is 1.08 bits per heavy atom. The highest BCUT2D eigenvalue weighted by atomic mass is 16.1. The largest absolute Gasteiger partial charge is 0.398 e. The van der Waals surface area contributed by atoms with Crippen molar-refractivity contribution >= 4 is 38.3 Å². The maximum atomic E-state index is 13.0. The Kier molecular flexibility index (Phi) is 3.09. The van der Waals surface area contributed by atoms with Crippen LogP contribution in [0.1, 0.15) is 0 Å². The fraction of sp³-hybridized carbons (Fsp3) is 0. The second-order valence-corrected chi connectivity index (χ2v) is 6.42. The summed E-state index contributed by atoms with van der Waals surface area (Å²) in [5.41, 5.74) is 9.81. The topological polar surface area (TPSA) is 48.0 Å². The van der Waals surface area contributed by atoms with Gasteiger partial charge in [-0.1, -0.05) is 48.5 Å². The maximum Gasteiger partial charge on any atom is 0.197 e. The van der Waals surface area contributed by atoms with Crippen LogP contribution in [0, 0.1) is 0 Å². The fourth-order valence-corrected chi connectivity index (χ4v) is 3.76. The first-order valence-corrected chi connectivity index (χ1v) is 8.56. The highest BCUT2D eigenvalue weighted by Gasteiger charge is 2.14. The molecule has 1 heterocycles. The molecular weight excluding hydrogens is 320 g/mol. The predicted octanol–water partition coefficient (Wildman–Crippen LogP) is 4.88. The lowest BCUT2D eigenvalue weighted by molar-refractivity contribution is 1.18. The van der Waals surface area contributed by atoms with Crippen LogP contribution in [-0.2, 0) is 0 Å². The molecule has 0 amide bonds. The van der Waals surface area contributed by atoms with Crippen LogP contribution < -0.4 is 11.2 Å². The van der Waals surface area contributed by atoms with Crippen molar-refractivity contribution in [2.75, 3.05) is 5.73 Å². The van der Waals surface area contributed by atoms with Gasteiger partial charge in [0.2, 0.25) is 0 Å². The number of aromatic nitrogens is 1. The van der Waals surface area contributed by atoms with E-state index in [1.807, 2.05) is 78.9 Å². The number of nitrogens with zero attached hydrogens (tertiary/aromatic N) is 1. The van der Waals surface area contributed by atoms with Crippen LogP contribution in [0.25, 0.3) is 38.3 Å². The Bertz CT molecular complexity index is 1310. The average molecular weight is 336 g/mol. The molecule has 0 aliphatic rings. The normalized spacial score (nSPS) is 11.4. The SMILES string of the molecule is Nc1ccc(-n2c3ccccc3c(=O)c3ccccc32)c2ccccc12. The molecule has 2 N–H and O–H groups in total. The van der Waals surface area contributed by atoms with E-state index >= 15 is 0 Å². The average Bonchev–Trinajstić information content (AvgIpc) is 2.70. The molecular formula is C23H16N2O. The van der Waals surface area contributed by atoms with Crippen molar-refractivity contribution in [1.29, 1.82) is 0 Å². The summed E-state index contributed by atoms with van der Waals surface area (Å²) in [5.74, 6) is 0. The minimum absolute atomic E-state index is 0.0622. The van der Waals surface area contributed by atoms with E-state index < -0.39 is 0 Å². The number of pyridine rings is 1. The smallest absolute Gasteiger partial charge is 0.197 e. The highest BCUT2D eigenvalue weighted by molar-refractivity contribution is 6.02. The molecule has 5 rings (SSSR count). The summed E-state index contributed by atoms with van der Waals surface area (Å²) in [6, 6.07) is 27.6. The first-order chi connectivity index (χ1) is 12.8. The lowest BCUT2D eigenvalue weighted by atomic mass is 10.0. The summed E-state index contributed by atoms with van der Waals surface area (Å²) >= 11 is 0. The van der Waals surface area contributed by atoms with Gasteiger partial charge in [-0.25, -0.2) is 0 Å². The lowest BCUT2D eigenvalue weighted by Crippen LogP contribution is -2.10. The molecule has 5 aromatic rings. The first-order valence-electron chi connectivity index (χ1n) is 8.56. The van der Waals surface area contributed by atoms with Crippen molar-refractivity contribution in [3.8, 4) is 5.69 Å². The molecule has 0 unspecified atom stereocenters. The Labute approximate surface area is 149 Å². The van der Waals surface area contributed by atoms with E-state index in [0.717, 1.165) is 33.2 Å². The number of para-hydroxylation sites is 2. The number of hydrogen-bond acceptors (Lipinski definition) is 2. The zero-order chi connectivity index (χ0) is 17.7. The molecule has 0 atom stereocenters. The van der Waals surface area contributed by atoms with E-state index in [0.29, 0.717) is 10.8 Å². The lowest BCUT2D eigenvalue weighted by Gasteiger charge is -2.18. The van der Waals surface area contributed by atoms with Gasteiger partial charge in [-0.3, -0.25) is 4.79 Å². The Hall–Kier alpha value is -3.59. The Morgan fingerprint density at radius 1 is 0.577 bits per heavy atom. The molecule has 0 fully saturated rings. The molecule has 3 nitrogen and oxygen atoms in total. The summed E-state index contributed by atoms with van der Waals surface area (Å²) < 4.78 is 2.16. The number of benzene rings is 4. The highest BCUT2D eigenvalue weighted by Crippen LogP contribution is 2.31. The van der Waals surface area contributed by atoms with Crippen molar-refractivity contribution in [3.63, 3.8) is 0 Å². The first kappa shape index (κ1) is 14.7. The van der Waals surface area contributed by atoms with Gasteiger partial charge in [-0.05, 0) is 36.4 Å². The molecule has 124 valence electrons. The number of fused-ring (bicyclic) bond motifs is 3. The molecule has 0 aliphatic heterocycles. The second kappa shape index (κ2) is 5.46. The predicted molar refractivity (Wildman–Crippen MR) is 109 cm³/mol. The van der Waals surface area contributed by atoms with Crippen molar-refractivity contribution < 1.29 is 0 Å². The van der Waals surface area contributed by atoms with Crippen LogP contribution in [0.15, 0.2) is 89.7 Å². The van der Waals surface area contributed by atoms with Crippen molar-refractivity contribution in [3.05, 3.63) is 95.2 Å². The summed E-state index contributed by atoms with van der Waals surface area (Å²) in [5, 5.41) is 3.50. The minimum Gasteiger partial charge on any atom is -0.398 e.